The maximum Gasteiger partial charge on any atom is 0.133 e. The molecule has 2 rings (SSSR count). The van der Waals surface area contributed by atoms with Crippen LogP contribution in [-0.4, -0.2) is 11.5 Å². The van der Waals surface area contributed by atoms with Crippen LogP contribution in [0.15, 0.2) is 18.3 Å². The normalized spacial score (nSPS) is 12.0. The lowest BCUT2D eigenvalue weighted by Crippen LogP contribution is -2.10. The van der Waals surface area contributed by atoms with E-state index in [1.807, 2.05) is 17.5 Å². The van der Waals surface area contributed by atoms with Gasteiger partial charge in [0.25, 0.3) is 0 Å². The molecule has 0 aliphatic rings. The number of thiophene rings is 1. The standard InChI is InChI=1S/C14H20N2S2/c1-5-15-8-10-9-16-13(17-10)11-6-7-12(18-11)14(2,3)4/h6-7,9,15H,5,8H2,1-4H3. The van der Waals surface area contributed by atoms with Crippen molar-refractivity contribution < 1.29 is 0 Å². The van der Waals surface area contributed by atoms with E-state index in [-0.39, 0.29) is 5.41 Å². The third kappa shape index (κ3) is 3.19. The second-order valence-electron chi connectivity index (χ2n) is 5.33. The van der Waals surface area contributed by atoms with Crippen LogP contribution in [0, 0.1) is 0 Å². The first kappa shape index (κ1) is 13.7. The van der Waals surface area contributed by atoms with Crippen molar-refractivity contribution in [2.75, 3.05) is 6.54 Å². The minimum Gasteiger partial charge on any atom is -0.312 e. The Bertz CT molecular complexity index is 506. The highest BCUT2D eigenvalue weighted by Crippen LogP contribution is 2.36. The fourth-order valence-corrected chi connectivity index (χ4v) is 3.61. The first-order chi connectivity index (χ1) is 8.50. The number of thiazole rings is 1. The van der Waals surface area contributed by atoms with Gasteiger partial charge in [0.05, 0.1) is 4.88 Å². The molecule has 2 nitrogen and oxygen atoms in total. The molecular weight excluding hydrogens is 260 g/mol. The third-order valence-electron chi connectivity index (χ3n) is 2.66. The summed E-state index contributed by atoms with van der Waals surface area (Å²) in [5, 5.41) is 4.47. The molecule has 0 unspecified atom stereocenters. The Hall–Kier alpha value is -0.710. The Labute approximate surface area is 117 Å². The molecule has 0 atom stereocenters. The molecule has 0 aliphatic heterocycles. The van der Waals surface area contributed by atoms with Crippen LogP contribution in [0.1, 0.15) is 37.4 Å². The zero-order valence-electron chi connectivity index (χ0n) is 11.4. The van der Waals surface area contributed by atoms with E-state index in [1.54, 1.807) is 11.3 Å². The minimum atomic E-state index is 0.229. The van der Waals surface area contributed by atoms with Crippen LogP contribution in [-0.2, 0) is 12.0 Å². The SMILES string of the molecule is CCNCc1cnc(-c2ccc(C(C)(C)C)s2)s1. The average molecular weight is 280 g/mol. The van der Waals surface area contributed by atoms with E-state index in [1.165, 1.54) is 14.6 Å². The molecule has 98 valence electrons. The lowest BCUT2D eigenvalue weighted by molar-refractivity contribution is 0.604. The maximum atomic E-state index is 4.52. The number of nitrogens with one attached hydrogen (secondary N) is 1. The fourth-order valence-electron chi connectivity index (χ4n) is 1.61. The van der Waals surface area contributed by atoms with Crippen LogP contribution < -0.4 is 5.32 Å². The van der Waals surface area contributed by atoms with E-state index in [0.717, 1.165) is 18.1 Å². The van der Waals surface area contributed by atoms with Crippen LogP contribution in [0.5, 0.6) is 0 Å². The summed E-state index contributed by atoms with van der Waals surface area (Å²) in [4.78, 5) is 8.53. The van der Waals surface area contributed by atoms with E-state index in [0.29, 0.717) is 0 Å². The van der Waals surface area contributed by atoms with E-state index >= 15 is 0 Å². The summed E-state index contributed by atoms with van der Waals surface area (Å²) in [5.74, 6) is 0. The van der Waals surface area contributed by atoms with Gasteiger partial charge in [0.2, 0.25) is 0 Å². The Morgan fingerprint density at radius 1 is 1.22 bits per heavy atom. The van der Waals surface area contributed by atoms with Gasteiger partial charge in [0, 0.05) is 22.5 Å². The van der Waals surface area contributed by atoms with Gasteiger partial charge in [-0.2, -0.15) is 0 Å². The van der Waals surface area contributed by atoms with Crippen molar-refractivity contribution in [1.29, 1.82) is 0 Å². The Balaban J connectivity index is 2.16. The molecule has 1 N–H and O–H groups in total. The van der Waals surface area contributed by atoms with Crippen LogP contribution in [0.2, 0.25) is 0 Å². The molecule has 18 heavy (non-hydrogen) atoms. The highest BCUT2D eigenvalue weighted by Gasteiger charge is 2.17. The topological polar surface area (TPSA) is 24.9 Å². The molecule has 0 saturated heterocycles. The molecule has 2 aromatic rings. The number of hydrogen-bond donors (Lipinski definition) is 1. The summed E-state index contributed by atoms with van der Waals surface area (Å²) >= 11 is 3.64. The van der Waals surface area contributed by atoms with Crippen molar-refractivity contribution in [3.63, 3.8) is 0 Å². The highest BCUT2D eigenvalue weighted by molar-refractivity contribution is 7.21. The zero-order chi connectivity index (χ0) is 13.2. The van der Waals surface area contributed by atoms with Crippen molar-refractivity contribution in [1.82, 2.24) is 10.3 Å². The summed E-state index contributed by atoms with van der Waals surface area (Å²) in [6.45, 7) is 10.8. The molecule has 0 saturated carbocycles. The van der Waals surface area contributed by atoms with Crippen LogP contribution in [0.4, 0.5) is 0 Å². The predicted molar refractivity (Wildman–Crippen MR) is 81.5 cm³/mol. The molecule has 0 spiro atoms. The second kappa shape index (κ2) is 5.51. The third-order valence-corrected chi connectivity index (χ3v) is 5.34. The molecule has 4 heteroatoms. The van der Waals surface area contributed by atoms with Crippen LogP contribution in [0.3, 0.4) is 0 Å². The Morgan fingerprint density at radius 3 is 2.61 bits per heavy atom. The van der Waals surface area contributed by atoms with Crippen molar-refractivity contribution in [3.05, 3.63) is 28.1 Å². The number of hydrogen-bond acceptors (Lipinski definition) is 4. The summed E-state index contributed by atoms with van der Waals surface area (Å²) < 4.78 is 0. The van der Waals surface area contributed by atoms with Gasteiger partial charge in [-0.3, -0.25) is 0 Å². The molecule has 0 aliphatic carbocycles. The summed E-state index contributed by atoms with van der Waals surface area (Å²) in [6, 6.07) is 4.42. The van der Waals surface area contributed by atoms with Crippen molar-refractivity contribution in [2.24, 2.45) is 0 Å². The van der Waals surface area contributed by atoms with Gasteiger partial charge in [-0.05, 0) is 24.1 Å². The van der Waals surface area contributed by atoms with Gasteiger partial charge in [0.1, 0.15) is 5.01 Å². The van der Waals surface area contributed by atoms with Gasteiger partial charge >= 0.3 is 0 Å². The number of nitrogens with zero attached hydrogens (tertiary/aromatic N) is 1. The summed E-state index contributed by atoms with van der Waals surface area (Å²) in [5.41, 5.74) is 0.229. The number of aromatic nitrogens is 1. The first-order valence-corrected chi connectivity index (χ1v) is 7.90. The second-order valence-corrected chi connectivity index (χ2v) is 7.52. The lowest BCUT2D eigenvalue weighted by Gasteiger charge is -2.15. The molecule has 0 amide bonds. The van der Waals surface area contributed by atoms with Crippen molar-refractivity contribution in [2.45, 2.75) is 39.7 Å². The van der Waals surface area contributed by atoms with E-state index in [4.69, 9.17) is 0 Å². The fraction of sp³-hybridized carbons (Fsp3) is 0.500. The molecule has 0 fully saturated rings. The molecule has 2 aromatic heterocycles. The minimum absolute atomic E-state index is 0.229. The van der Waals surface area contributed by atoms with Crippen LogP contribution in [0.25, 0.3) is 9.88 Å². The smallest absolute Gasteiger partial charge is 0.133 e. The predicted octanol–water partition coefficient (Wildman–Crippen LogP) is 4.28. The van der Waals surface area contributed by atoms with Gasteiger partial charge < -0.3 is 5.32 Å². The molecule has 2 heterocycles. The van der Waals surface area contributed by atoms with Gasteiger partial charge in [-0.25, -0.2) is 4.98 Å². The monoisotopic (exact) mass is 280 g/mol. The van der Waals surface area contributed by atoms with Gasteiger partial charge in [0.15, 0.2) is 0 Å². The largest absolute Gasteiger partial charge is 0.312 e. The first-order valence-electron chi connectivity index (χ1n) is 6.27. The Kier molecular flexibility index (Phi) is 4.20. The number of rotatable bonds is 4. The lowest BCUT2D eigenvalue weighted by atomic mass is 9.95. The molecule has 0 bridgehead atoms. The van der Waals surface area contributed by atoms with Gasteiger partial charge in [-0.1, -0.05) is 27.7 Å². The summed E-state index contributed by atoms with van der Waals surface area (Å²) in [7, 11) is 0. The molecular formula is C14H20N2S2. The van der Waals surface area contributed by atoms with E-state index in [2.05, 4.69) is 50.1 Å². The molecule has 0 aromatic carbocycles. The van der Waals surface area contributed by atoms with E-state index < -0.39 is 0 Å². The maximum absolute atomic E-state index is 4.52. The quantitative estimate of drug-likeness (QED) is 0.904. The van der Waals surface area contributed by atoms with E-state index in [9.17, 15) is 0 Å². The van der Waals surface area contributed by atoms with Gasteiger partial charge in [-0.15, -0.1) is 22.7 Å². The Morgan fingerprint density at radius 2 is 2.00 bits per heavy atom. The van der Waals surface area contributed by atoms with Crippen LogP contribution >= 0.6 is 22.7 Å². The zero-order valence-corrected chi connectivity index (χ0v) is 13.0. The van der Waals surface area contributed by atoms with Crippen molar-refractivity contribution >= 4 is 22.7 Å². The highest BCUT2D eigenvalue weighted by atomic mass is 32.1. The molecule has 0 radical (unpaired) electrons. The average Bonchev–Trinajstić information content (AvgIpc) is 2.93. The summed E-state index contributed by atoms with van der Waals surface area (Å²) in [6.07, 6.45) is 1.99. The van der Waals surface area contributed by atoms with Crippen molar-refractivity contribution in [3.8, 4) is 9.88 Å².